The molecule has 1 N–H and O–H groups in total. The number of nitrogens with zero attached hydrogens (tertiary/aromatic N) is 2. The van der Waals surface area contributed by atoms with E-state index in [2.05, 4.69) is 27.3 Å². The summed E-state index contributed by atoms with van der Waals surface area (Å²) in [6, 6.07) is 15.9. The second kappa shape index (κ2) is 5.77. The van der Waals surface area contributed by atoms with E-state index in [4.69, 9.17) is 5.26 Å². The molecule has 0 aliphatic carbocycles. The van der Waals surface area contributed by atoms with E-state index in [-0.39, 0.29) is 0 Å². The molecule has 0 atom stereocenters. The Morgan fingerprint density at radius 3 is 2.63 bits per heavy atom. The number of benzene rings is 2. The standard InChI is InChI=1S/C15H14BrN3/c1-19(2)14-5-3-4-13(9-14)18-15-7-6-12(16)8-11(15)10-17/h3-9,18H,1-2H3. The molecular weight excluding hydrogens is 302 g/mol. The Balaban J connectivity index is 2.31. The van der Waals surface area contributed by atoms with Crippen molar-refractivity contribution in [3.63, 3.8) is 0 Å². The van der Waals surface area contributed by atoms with Crippen LogP contribution >= 0.6 is 15.9 Å². The second-order valence-corrected chi connectivity index (χ2v) is 5.29. The lowest BCUT2D eigenvalue weighted by Gasteiger charge is -2.15. The Morgan fingerprint density at radius 1 is 1.16 bits per heavy atom. The zero-order valence-corrected chi connectivity index (χ0v) is 12.4. The highest BCUT2D eigenvalue weighted by molar-refractivity contribution is 9.10. The molecule has 19 heavy (non-hydrogen) atoms. The largest absolute Gasteiger partial charge is 0.378 e. The van der Waals surface area contributed by atoms with Gasteiger partial charge in [0.1, 0.15) is 6.07 Å². The molecule has 3 nitrogen and oxygen atoms in total. The molecule has 0 amide bonds. The van der Waals surface area contributed by atoms with Crippen LogP contribution in [0.1, 0.15) is 5.56 Å². The van der Waals surface area contributed by atoms with Gasteiger partial charge in [-0.3, -0.25) is 0 Å². The average molecular weight is 316 g/mol. The summed E-state index contributed by atoms with van der Waals surface area (Å²) in [7, 11) is 4.00. The van der Waals surface area contributed by atoms with Crippen LogP contribution in [0, 0.1) is 11.3 Å². The van der Waals surface area contributed by atoms with Crippen LogP contribution in [-0.2, 0) is 0 Å². The third-order valence-corrected chi connectivity index (χ3v) is 3.24. The van der Waals surface area contributed by atoms with Gasteiger partial charge in [-0.25, -0.2) is 0 Å². The van der Waals surface area contributed by atoms with Crippen molar-refractivity contribution in [3.05, 3.63) is 52.5 Å². The van der Waals surface area contributed by atoms with E-state index in [1.165, 1.54) is 0 Å². The summed E-state index contributed by atoms with van der Waals surface area (Å²) in [4.78, 5) is 2.04. The zero-order valence-electron chi connectivity index (χ0n) is 10.8. The fourth-order valence-electron chi connectivity index (χ4n) is 1.74. The first-order valence-corrected chi connectivity index (χ1v) is 6.63. The summed E-state index contributed by atoms with van der Waals surface area (Å²) in [6.45, 7) is 0. The van der Waals surface area contributed by atoms with Gasteiger partial charge in [0.05, 0.1) is 11.3 Å². The normalized spacial score (nSPS) is 9.79. The number of hydrogen-bond donors (Lipinski definition) is 1. The molecule has 2 rings (SSSR count). The first kappa shape index (κ1) is 13.4. The minimum Gasteiger partial charge on any atom is -0.378 e. The number of nitrogens with one attached hydrogen (secondary N) is 1. The maximum Gasteiger partial charge on any atom is 0.101 e. The summed E-state index contributed by atoms with van der Waals surface area (Å²) in [5.74, 6) is 0. The smallest absolute Gasteiger partial charge is 0.101 e. The SMILES string of the molecule is CN(C)c1cccc(Nc2ccc(Br)cc2C#N)c1. The van der Waals surface area contributed by atoms with Crippen LogP contribution in [0.25, 0.3) is 0 Å². The second-order valence-electron chi connectivity index (χ2n) is 4.37. The van der Waals surface area contributed by atoms with E-state index in [0.717, 1.165) is 21.5 Å². The summed E-state index contributed by atoms with van der Waals surface area (Å²) in [5, 5.41) is 12.4. The Labute approximate surface area is 121 Å². The Morgan fingerprint density at radius 2 is 1.95 bits per heavy atom. The molecule has 0 aromatic heterocycles. The quantitative estimate of drug-likeness (QED) is 0.925. The van der Waals surface area contributed by atoms with Crippen LogP contribution in [0.3, 0.4) is 0 Å². The Kier molecular flexibility index (Phi) is 4.08. The van der Waals surface area contributed by atoms with Crippen molar-refractivity contribution in [2.75, 3.05) is 24.3 Å². The summed E-state index contributed by atoms with van der Waals surface area (Å²) >= 11 is 3.37. The monoisotopic (exact) mass is 315 g/mol. The molecule has 0 aliphatic rings. The van der Waals surface area contributed by atoms with Gasteiger partial charge in [-0.15, -0.1) is 0 Å². The van der Waals surface area contributed by atoms with Crippen molar-refractivity contribution < 1.29 is 0 Å². The fraction of sp³-hybridized carbons (Fsp3) is 0.133. The van der Waals surface area contributed by atoms with Crippen LogP contribution in [0.2, 0.25) is 0 Å². The molecule has 0 saturated carbocycles. The number of nitriles is 1. The fourth-order valence-corrected chi connectivity index (χ4v) is 2.10. The van der Waals surface area contributed by atoms with Crippen molar-refractivity contribution in [2.24, 2.45) is 0 Å². The maximum atomic E-state index is 9.14. The Hall–Kier alpha value is -1.99. The van der Waals surface area contributed by atoms with Crippen LogP contribution in [-0.4, -0.2) is 14.1 Å². The molecule has 2 aromatic carbocycles. The van der Waals surface area contributed by atoms with Gasteiger partial charge in [-0.1, -0.05) is 22.0 Å². The van der Waals surface area contributed by atoms with Gasteiger partial charge in [0.25, 0.3) is 0 Å². The number of rotatable bonds is 3. The highest BCUT2D eigenvalue weighted by Gasteiger charge is 2.04. The average Bonchev–Trinajstić information content (AvgIpc) is 2.41. The molecule has 96 valence electrons. The van der Waals surface area contributed by atoms with E-state index < -0.39 is 0 Å². The van der Waals surface area contributed by atoms with Gasteiger partial charge in [0.2, 0.25) is 0 Å². The topological polar surface area (TPSA) is 39.1 Å². The lowest BCUT2D eigenvalue weighted by atomic mass is 10.2. The van der Waals surface area contributed by atoms with Crippen molar-refractivity contribution in [2.45, 2.75) is 0 Å². The number of hydrogen-bond acceptors (Lipinski definition) is 3. The van der Waals surface area contributed by atoms with Gasteiger partial charge in [0.15, 0.2) is 0 Å². The van der Waals surface area contributed by atoms with E-state index in [9.17, 15) is 0 Å². The highest BCUT2D eigenvalue weighted by Crippen LogP contribution is 2.25. The van der Waals surface area contributed by atoms with Crippen molar-refractivity contribution >= 4 is 33.0 Å². The predicted molar refractivity (Wildman–Crippen MR) is 82.9 cm³/mol. The minimum absolute atomic E-state index is 0.615. The molecule has 4 heteroatoms. The van der Waals surface area contributed by atoms with Crippen LogP contribution in [0.5, 0.6) is 0 Å². The molecule has 0 bridgehead atoms. The molecule has 0 unspecified atom stereocenters. The van der Waals surface area contributed by atoms with Gasteiger partial charge >= 0.3 is 0 Å². The third-order valence-electron chi connectivity index (χ3n) is 2.74. The predicted octanol–water partition coefficient (Wildman–Crippen LogP) is 4.13. The summed E-state index contributed by atoms with van der Waals surface area (Å²) < 4.78 is 0.900. The first-order valence-electron chi connectivity index (χ1n) is 5.84. The zero-order chi connectivity index (χ0) is 13.8. The Bertz CT molecular complexity index is 630. The van der Waals surface area contributed by atoms with Gasteiger partial charge < -0.3 is 10.2 Å². The van der Waals surface area contributed by atoms with Crippen molar-refractivity contribution in [1.29, 1.82) is 5.26 Å². The van der Waals surface area contributed by atoms with Gasteiger partial charge in [0, 0.05) is 29.9 Å². The van der Waals surface area contributed by atoms with Crippen LogP contribution in [0.4, 0.5) is 17.1 Å². The molecule has 2 aromatic rings. The summed E-state index contributed by atoms with van der Waals surface area (Å²) in [6.07, 6.45) is 0. The molecule has 0 heterocycles. The van der Waals surface area contributed by atoms with E-state index in [1.54, 1.807) is 6.07 Å². The van der Waals surface area contributed by atoms with Crippen molar-refractivity contribution in [3.8, 4) is 6.07 Å². The molecule has 0 fully saturated rings. The van der Waals surface area contributed by atoms with Crippen LogP contribution < -0.4 is 10.2 Å². The minimum atomic E-state index is 0.615. The molecule has 0 radical (unpaired) electrons. The van der Waals surface area contributed by atoms with Gasteiger partial charge in [-0.2, -0.15) is 5.26 Å². The van der Waals surface area contributed by atoms with E-state index in [1.807, 2.05) is 55.4 Å². The molecule has 0 aliphatic heterocycles. The van der Waals surface area contributed by atoms with E-state index >= 15 is 0 Å². The maximum absolute atomic E-state index is 9.14. The highest BCUT2D eigenvalue weighted by atomic mass is 79.9. The summed E-state index contributed by atoms with van der Waals surface area (Å²) in [5.41, 5.74) is 3.50. The van der Waals surface area contributed by atoms with E-state index in [0.29, 0.717) is 5.56 Å². The molecule has 0 saturated heterocycles. The molecular formula is C15H14BrN3. The molecule has 0 spiro atoms. The lowest BCUT2D eigenvalue weighted by Crippen LogP contribution is -2.08. The third kappa shape index (κ3) is 3.27. The van der Waals surface area contributed by atoms with Crippen molar-refractivity contribution in [1.82, 2.24) is 0 Å². The lowest BCUT2D eigenvalue weighted by molar-refractivity contribution is 1.13. The number of halogens is 1. The number of anilines is 3. The van der Waals surface area contributed by atoms with Gasteiger partial charge in [-0.05, 0) is 36.4 Å². The first-order chi connectivity index (χ1) is 9.10. The van der Waals surface area contributed by atoms with Crippen LogP contribution in [0.15, 0.2) is 46.9 Å².